The van der Waals surface area contributed by atoms with Crippen molar-refractivity contribution in [1.29, 1.82) is 0 Å². The lowest BCUT2D eigenvalue weighted by molar-refractivity contribution is -0.386. The fourth-order valence-corrected chi connectivity index (χ4v) is 4.55. The number of unbranched alkanes of at least 4 members (excludes halogenated alkanes) is 9. The normalized spacial score (nSPS) is 11.2. The summed E-state index contributed by atoms with van der Waals surface area (Å²) in [4.78, 5) is 67.4. The van der Waals surface area contributed by atoms with Crippen molar-refractivity contribution in [2.75, 3.05) is 11.4 Å². The van der Waals surface area contributed by atoms with Crippen LogP contribution in [0.15, 0.2) is 37.4 Å². The highest BCUT2D eigenvalue weighted by Crippen LogP contribution is 2.30. The van der Waals surface area contributed by atoms with E-state index in [0.717, 1.165) is 30.3 Å². The third-order valence-corrected chi connectivity index (χ3v) is 6.85. The first-order chi connectivity index (χ1) is 18.2. The summed E-state index contributed by atoms with van der Waals surface area (Å²) >= 11 is 0. The summed E-state index contributed by atoms with van der Waals surface area (Å²) in [6, 6.07) is 4.62. The Bertz CT molecular complexity index is 1520. The zero-order valence-electron chi connectivity index (χ0n) is 22.2. The van der Waals surface area contributed by atoms with E-state index in [2.05, 4.69) is 16.9 Å². The standard InChI is InChI=1S/C26H36N6O6/c1-4-5-6-7-8-9-10-11-12-13-16-31(22-21(32(37)38)24(34)30(3)26(36)28-22)18-14-15-19-20(17-18)27-25(35)29(2)23(19)33/h14-15,17H,4-13,16H2,1-3H3,(H,27,35)(H,28,36). The number of aromatic nitrogens is 4. The van der Waals surface area contributed by atoms with E-state index in [9.17, 15) is 29.3 Å². The third-order valence-electron chi connectivity index (χ3n) is 6.85. The molecular weight excluding hydrogens is 492 g/mol. The van der Waals surface area contributed by atoms with Crippen molar-refractivity contribution in [2.24, 2.45) is 14.1 Å². The first-order valence-electron chi connectivity index (χ1n) is 13.2. The summed E-state index contributed by atoms with van der Waals surface area (Å²) < 4.78 is 1.61. The molecule has 0 unspecified atom stereocenters. The Balaban J connectivity index is 1.90. The number of hydrogen-bond acceptors (Lipinski definition) is 7. The molecule has 0 saturated heterocycles. The number of benzene rings is 1. The summed E-state index contributed by atoms with van der Waals surface area (Å²) in [5.41, 5.74) is -3.01. The zero-order chi connectivity index (χ0) is 27.8. The molecule has 3 rings (SSSR count). The van der Waals surface area contributed by atoms with Gasteiger partial charge in [-0.15, -0.1) is 0 Å². The Labute approximate surface area is 219 Å². The second-order valence-corrected chi connectivity index (χ2v) is 9.61. The minimum Gasteiger partial charge on any atom is -0.322 e. The topological polar surface area (TPSA) is 156 Å². The van der Waals surface area contributed by atoms with Gasteiger partial charge in [0.1, 0.15) is 0 Å². The van der Waals surface area contributed by atoms with Gasteiger partial charge in [0.2, 0.25) is 5.82 Å². The molecule has 12 heteroatoms. The second-order valence-electron chi connectivity index (χ2n) is 9.61. The van der Waals surface area contributed by atoms with Gasteiger partial charge < -0.3 is 9.88 Å². The smallest absolute Gasteiger partial charge is 0.322 e. The molecule has 2 heterocycles. The van der Waals surface area contributed by atoms with Gasteiger partial charge in [-0.25, -0.2) is 9.59 Å². The number of aromatic amines is 2. The molecular formula is C26H36N6O6. The van der Waals surface area contributed by atoms with Crippen molar-refractivity contribution in [3.05, 3.63) is 70.0 Å². The number of rotatable bonds is 14. The van der Waals surface area contributed by atoms with E-state index in [4.69, 9.17) is 0 Å². The number of anilines is 2. The predicted octanol–water partition coefficient (Wildman–Crippen LogP) is 3.58. The van der Waals surface area contributed by atoms with Crippen LogP contribution in [-0.2, 0) is 14.1 Å². The molecule has 0 spiro atoms. The molecule has 1 aromatic carbocycles. The summed E-state index contributed by atoms with van der Waals surface area (Å²) in [5.74, 6) is -0.232. The summed E-state index contributed by atoms with van der Waals surface area (Å²) in [6.07, 6.45) is 11.0. The van der Waals surface area contributed by atoms with Crippen molar-refractivity contribution in [1.82, 2.24) is 19.1 Å². The SMILES string of the molecule is CCCCCCCCCCCCN(c1ccc2c(=O)n(C)c(=O)[nH]c2c1)c1[nH]c(=O)n(C)c(=O)c1[N+](=O)[O-]. The monoisotopic (exact) mass is 528 g/mol. The molecule has 0 amide bonds. The minimum absolute atomic E-state index is 0.232. The number of nitrogens with one attached hydrogen (secondary N) is 2. The molecule has 2 aromatic heterocycles. The van der Waals surface area contributed by atoms with Gasteiger partial charge in [0, 0.05) is 26.3 Å². The van der Waals surface area contributed by atoms with Gasteiger partial charge in [-0.05, 0) is 24.6 Å². The molecule has 206 valence electrons. The van der Waals surface area contributed by atoms with Crippen molar-refractivity contribution in [3.63, 3.8) is 0 Å². The Morgan fingerprint density at radius 2 is 1.37 bits per heavy atom. The van der Waals surface area contributed by atoms with E-state index < -0.39 is 33.1 Å². The Hall–Kier alpha value is -3.96. The van der Waals surface area contributed by atoms with Crippen LogP contribution in [0.3, 0.4) is 0 Å². The van der Waals surface area contributed by atoms with Gasteiger partial charge in [0.25, 0.3) is 5.56 Å². The Morgan fingerprint density at radius 3 is 1.97 bits per heavy atom. The average molecular weight is 529 g/mol. The van der Waals surface area contributed by atoms with Crippen LogP contribution >= 0.6 is 0 Å². The van der Waals surface area contributed by atoms with E-state index in [0.29, 0.717) is 16.7 Å². The summed E-state index contributed by atoms with van der Waals surface area (Å²) in [6.45, 7) is 2.47. The first-order valence-corrected chi connectivity index (χ1v) is 13.2. The lowest BCUT2D eigenvalue weighted by Gasteiger charge is -2.24. The molecule has 12 nitrogen and oxygen atoms in total. The van der Waals surface area contributed by atoms with Crippen LogP contribution in [0, 0.1) is 10.1 Å². The van der Waals surface area contributed by atoms with Crippen LogP contribution < -0.4 is 27.4 Å². The summed E-state index contributed by atoms with van der Waals surface area (Å²) in [7, 11) is 2.53. The van der Waals surface area contributed by atoms with Gasteiger partial charge in [-0.1, -0.05) is 64.7 Å². The predicted molar refractivity (Wildman–Crippen MR) is 148 cm³/mol. The molecule has 0 saturated carbocycles. The maximum Gasteiger partial charge on any atom is 0.374 e. The van der Waals surface area contributed by atoms with Crippen LogP contribution in [0.25, 0.3) is 10.9 Å². The molecule has 38 heavy (non-hydrogen) atoms. The van der Waals surface area contributed by atoms with Crippen molar-refractivity contribution < 1.29 is 4.92 Å². The van der Waals surface area contributed by atoms with Gasteiger partial charge in [-0.2, -0.15) is 0 Å². The minimum atomic E-state index is -1.02. The van der Waals surface area contributed by atoms with Crippen LogP contribution in [0.2, 0.25) is 0 Å². The highest BCUT2D eigenvalue weighted by Gasteiger charge is 2.28. The van der Waals surface area contributed by atoms with E-state index in [1.54, 1.807) is 6.07 Å². The molecule has 0 aliphatic carbocycles. The van der Waals surface area contributed by atoms with Crippen molar-refractivity contribution in [2.45, 2.75) is 71.1 Å². The highest BCUT2D eigenvalue weighted by molar-refractivity contribution is 5.83. The van der Waals surface area contributed by atoms with Gasteiger partial charge in [-0.3, -0.25) is 33.8 Å². The Kier molecular flexibility index (Phi) is 9.80. The van der Waals surface area contributed by atoms with E-state index in [1.165, 1.54) is 63.2 Å². The van der Waals surface area contributed by atoms with Crippen LogP contribution in [0.1, 0.15) is 71.1 Å². The molecule has 3 aromatic rings. The first kappa shape index (κ1) is 28.6. The van der Waals surface area contributed by atoms with E-state index in [-0.39, 0.29) is 23.3 Å². The largest absolute Gasteiger partial charge is 0.374 e. The molecule has 0 aliphatic heterocycles. The fourth-order valence-electron chi connectivity index (χ4n) is 4.55. The third kappa shape index (κ3) is 6.48. The highest BCUT2D eigenvalue weighted by atomic mass is 16.6. The van der Waals surface area contributed by atoms with Crippen molar-refractivity contribution in [3.8, 4) is 0 Å². The zero-order valence-corrected chi connectivity index (χ0v) is 22.2. The van der Waals surface area contributed by atoms with Crippen LogP contribution in [-0.4, -0.2) is 30.6 Å². The average Bonchev–Trinajstić information content (AvgIpc) is 2.88. The number of hydrogen-bond donors (Lipinski definition) is 2. The molecule has 0 radical (unpaired) electrons. The van der Waals surface area contributed by atoms with Crippen molar-refractivity contribution >= 4 is 28.1 Å². The van der Waals surface area contributed by atoms with Gasteiger partial charge in [0.15, 0.2) is 0 Å². The Morgan fingerprint density at radius 1 is 0.816 bits per heavy atom. The van der Waals surface area contributed by atoms with Gasteiger partial charge in [0.05, 0.1) is 15.8 Å². The molecule has 0 fully saturated rings. The maximum atomic E-state index is 12.7. The molecule has 2 N–H and O–H groups in total. The number of H-pyrrole nitrogens is 2. The molecule has 0 aliphatic rings. The molecule has 0 bridgehead atoms. The molecule has 0 atom stereocenters. The number of nitrogens with zero attached hydrogens (tertiary/aromatic N) is 4. The lowest BCUT2D eigenvalue weighted by atomic mass is 10.1. The van der Waals surface area contributed by atoms with Crippen LogP contribution in [0.5, 0.6) is 0 Å². The fraction of sp³-hybridized carbons (Fsp3) is 0.538. The van der Waals surface area contributed by atoms with E-state index in [1.807, 2.05) is 0 Å². The second kappa shape index (κ2) is 13.0. The van der Waals surface area contributed by atoms with Gasteiger partial charge >= 0.3 is 22.6 Å². The van der Waals surface area contributed by atoms with E-state index >= 15 is 0 Å². The maximum absolute atomic E-state index is 12.7. The lowest BCUT2D eigenvalue weighted by Crippen LogP contribution is -2.37. The number of fused-ring (bicyclic) bond motifs is 1. The number of nitro groups is 1. The quantitative estimate of drug-likeness (QED) is 0.184. The summed E-state index contributed by atoms with van der Waals surface area (Å²) in [5, 5.41) is 12.1. The van der Waals surface area contributed by atoms with Crippen LogP contribution in [0.4, 0.5) is 17.2 Å².